The number of halogens is 3. The molecule has 3 aromatic carbocycles. The van der Waals surface area contributed by atoms with E-state index in [0.717, 1.165) is 54.6 Å². The Morgan fingerprint density at radius 3 is 2.56 bits per heavy atom. The van der Waals surface area contributed by atoms with Crippen LogP contribution >= 0.6 is 23.2 Å². The van der Waals surface area contributed by atoms with Crippen molar-refractivity contribution < 1.29 is 36.9 Å². The number of piperidine rings is 1. The molecule has 0 unspecified atom stereocenters. The maximum absolute atomic E-state index is 14.2. The SMILES string of the molecule is C[C@@H](O)[C@H](NCc1cc(Cl)c(O[C@H]2CCc3c(-c4cccc(OCCCN5CCC(C)(F)CC5)c4Cl)cccc32)cc1OCc1cncc(C#N)c1)C(=O)NS(C)(=O)=O. The monoisotopic (exact) mass is 867 g/mol. The first kappa shape index (κ1) is 44.1. The van der Waals surface area contributed by atoms with Gasteiger partial charge >= 0.3 is 0 Å². The number of aliphatic hydroxyl groups is 1. The van der Waals surface area contributed by atoms with E-state index in [2.05, 4.69) is 21.3 Å². The first-order valence-corrected chi connectivity index (χ1v) is 22.1. The van der Waals surface area contributed by atoms with Gasteiger partial charge in [0.05, 0.1) is 34.6 Å². The smallest absolute Gasteiger partial charge is 0.253 e. The minimum atomic E-state index is -3.88. The third-order valence-corrected chi connectivity index (χ3v) is 11.8. The van der Waals surface area contributed by atoms with Crippen molar-refractivity contribution in [3.63, 3.8) is 0 Å². The van der Waals surface area contributed by atoms with E-state index >= 15 is 0 Å². The standard InChI is InChI=1S/C43H48Cl2FN5O7S/c1-27(52)41(42(53)50-59(3,54)55)49-25-30-20-35(44)39(21-38(30)57-26-29-19-28(22-47)23-48-24-29)58-36-12-11-32-31(7-4-8-33(32)36)34-9-5-10-37(40(34)45)56-18-6-15-51-16-13-43(2,46)14-17-51/h4-5,7-10,19-21,23-24,27,36,41,49,52H,6,11-18,25-26H2,1-3H3,(H,50,53)/t27-,36+,41+/m1/s1. The number of aliphatic hydroxyl groups excluding tert-OH is 1. The molecule has 1 amide bonds. The minimum absolute atomic E-state index is 0.0303. The summed E-state index contributed by atoms with van der Waals surface area (Å²) in [6, 6.07) is 17.5. The number of nitriles is 1. The molecule has 2 aliphatic rings. The molecule has 3 atom stereocenters. The van der Waals surface area contributed by atoms with Crippen LogP contribution in [0.3, 0.4) is 0 Å². The summed E-state index contributed by atoms with van der Waals surface area (Å²) in [4.78, 5) is 19.1. The molecule has 1 saturated heterocycles. The van der Waals surface area contributed by atoms with Crippen LogP contribution < -0.4 is 24.2 Å². The molecule has 0 radical (unpaired) electrons. The fourth-order valence-electron chi connectivity index (χ4n) is 7.36. The lowest BCUT2D eigenvalue weighted by Gasteiger charge is -2.34. The third kappa shape index (κ3) is 11.6. The summed E-state index contributed by atoms with van der Waals surface area (Å²) in [5.74, 6) is 0.354. The molecule has 6 rings (SSSR count). The number of nitrogens with one attached hydrogen (secondary N) is 2. The van der Waals surface area contributed by atoms with Crippen molar-refractivity contribution in [1.29, 1.82) is 5.26 Å². The Hall–Kier alpha value is -4.49. The lowest BCUT2D eigenvalue weighted by atomic mass is 9.96. The summed E-state index contributed by atoms with van der Waals surface area (Å²) in [6.07, 6.45) is 5.53. The molecule has 0 spiro atoms. The van der Waals surface area contributed by atoms with E-state index in [-0.39, 0.29) is 24.3 Å². The quantitative estimate of drug-likeness (QED) is 0.0930. The number of ether oxygens (including phenoxy) is 3. The number of amides is 1. The summed E-state index contributed by atoms with van der Waals surface area (Å²) in [7, 11) is -3.88. The van der Waals surface area contributed by atoms with Crippen molar-refractivity contribution in [2.24, 2.45) is 0 Å². The number of alkyl halides is 1. The number of likely N-dealkylation sites (tertiary alicyclic amines) is 1. The molecule has 16 heteroatoms. The molecule has 59 heavy (non-hydrogen) atoms. The molecule has 314 valence electrons. The minimum Gasteiger partial charge on any atom is -0.492 e. The number of carbonyl (C=O) groups is 1. The zero-order valence-corrected chi connectivity index (χ0v) is 35.5. The molecule has 2 heterocycles. The van der Waals surface area contributed by atoms with Gasteiger partial charge in [-0.05, 0) is 80.8 Å². The van der Waals surface area contributed by atoms with Crippen LogP contribution in [-0.2, 0) is 34.4 Å². The third-order valence-electron chi connectivity index (χ3n) is 10.5. The van der Waals surface area contributed by atoms with Crippen LogP contribution in [0, 0.1) is 11.3 Å². The Bertz CT molecular complexity index is 2300. The average molecular weight is 869 g/mol. The maximum Gasteiger partial charge on any atom is 0.253 e. The van der Waals surface area contributed by atoms with Crippen LogP contribution in [0.4, 0.5) is 4.39 Å². The Labute approximate surface area is 354 Å². The van der Waals surface area contributed by atoms with Crippen LogP contribution in [0.15, 0.2) is 67.0 Å². The second-order valence-corrected chi connectivity index (χ2v) is 17.8. The van der Waals surface area contributed by atoms with Crippen LogP contribution in [0.1, 0.15) is 73.5 Å². The Balaban J connectivity index is 1.19. The zero-order chi connectivity index (χ0) is 42.3. The summed E-state index contributed by atoms with van der Waals surface area (Å²) < 4.78 is 58.6. The van der Waals surface area contributed by atoms with Gasteiger partial charge in [-0.15, -0.1) is 0 Å². The van der Waals surface area contributed by atoms with Gasteiger partial charge in [0.15, 0.2) is 0 Å². The normalized spacial score (nSPS) is 17.4. The number of benzene rings is 3. The topological polar surface area (TPSA) is 163 Å². The number of rotatable bonds is 17. The second-order valence-electron chi connectivity index (χ2n) is 15.3. The highest BCUT2D eigenvalue weighted by molar-refractivity contribution is 7.89. The van der Waals surface area contributed by atoms with Gasteiger partial charge in [0.1, 0.15) is 47.7 Å². The van der Waals surface area contributed by atoms with Crippen molar-refractivity contribution in [1.82, 2.24) is 19.9 Å². The van der Waals surface area contributed by atoms with E-state index in [1.165, 1.54) is 13.1 Å². The van der Waals surface area contributed by atoms with Gasteiger partial charge in [-0.3, -0.25) is 19.8 Å². The van der Waals surface area contributed by atoms with Crippen molar-refractivity contribution in [3.8, 4) is 34.4 Å². The van der Waals surface area contributed by atoms with Crippen LogP contribution in [0.2, 0.25) is 10.0 Å². The molecule has 0 bridgehead atoms. The van der Waals surface area contributed by atoms with E-state index in [1.54, 1.807) is 31.3 Å². The number of pyridine rings is 1. The maximum atomic E-state index is 14.2. The van der Waals surface area contributed by atoms with Crippen LogP contribution in [-0.4, -0.2) is 79.6 Å². The number of fused-ring (bicyclic) bond motifs is 1. The number of aromatic nitrogens is 1. The second kappa shape index (κ2) is 19.3. The molecule has 1 aromatic heterocycles. The zero-order valence-electron chi connectivity index (χ0n) is 33.1. The predicted molar refractivity (Wildman–Crippen MR) is 224 cm³/mol. The van der Waals surface area contributed by atoms with Crippen molar-refractivity contribution in [3.05, 3.63) is 105 Å². The molecule has 3 N–H and O–H groups in total. The largest absolute Gasteiger partial charge is 0.492 e. The summed E-state index contributed by atoms with van der Waals surface area (Å²) >= 11 is 13.8. The number of hydrogen-bond acceptors (Lipinski definition) is 11. The van der Waals surface area contributed by atoms with Gasteiger partial charge in [0, 0.05) is 61.3 Å². The van der Waals surface area contributed by atoms with E-state index < -0.39 is 33.7 Å². The van der Waals surface area contributed by atoms with Gasteiger partial charge in [0.2, 0.25) is 10.0 Å². The molecular weight excluding hydrogens is 820 g/mol. The highest BCUT2D eigenvalue weighted by Crippen LogP contribution is 2.45. The highest BCUT2D eigenvalue weighted by atomic mass is 35.5. The molecule has 1 aliphatic carbocycles. The van der Waals surface area contributed by atoms with E-state index in [1.807, 2.05) is 41.1 Å². The van der Waals surface area contributed by atoms with E-state index in [9.17, 15) is 28.0 Å². The fraction of sp³-hybridized carbons (Fsp3) is 0.419. The van der Waals surface area contributed by atoms with E-state index in [4.69, 9.17) is 37.4 Å². The first-order chi connectivity index (χ1) is 28.1. The number of carbonyl (C=O) groups excluding carboxylic acids is 1. The molecule has 1 aliphatic heterocycles. The Kier molecular flexibility index (Phi) is 14.4. The predicted octanol–water partition coefficient (Wildman–Crippen LogP) is 7.08. The highest BCUT2D eigenvalue weighted by Gasteiger charge is 2.31. The average Bonchev–Trinajstić information content (AvgIpc) is 3.60. The Morgan fingerprint density at radius 2 is 1.83 bits per heavy atom. The fourth-order valence-corrected chi connectivity index (χ4v) is 8.37. The molecular formula is C43H48Cl2FN5O7S. The first-order valence-electron chi connectivity index (χ1n) is 19.4. The van der Waals surface area contributed by atoms with Gasteiger partial charge in [-0.25, -0.2) is 12.8 Å². The summed E-state index contributed by atoms with van der Waals surface area (Å²) in [5.41, 5.74) is 4.31. The summed E-state index contributed by atoms with van der Waals surface area (Å²) in [5, 5.41) is 23.4. The van der Waals surface area contributed by atoms with Crippen LogP contribution in [0.5, 0.6) is 17.2 Å². The van der Waals surface area contributed by atoms with Gasteiger partial charge in [-0.2, -0.15) is 5.26 Å². The van der Waals surface area contributed by atoms with Crippen molar-refractivity contribution in [2.75, 3.05) is 32.5 Å². The molecule has 0 saturated carbocycles. The molecule has 1 fully saturated rings. The number of sulfonamides is 1. The molecule has 12 nitrogen and oxygen atoms in total. The van der Waals surface area contributed by atoms with Gasteiger partial charge in [-0.1, -0.05) is 53.5 Å². The van der Waals surface area contributed by atoms with E-state index in [0.29, 0.717) is 71.3 Å². The number of nitrogens with zero attached hydrogens (tertiary/aromatic N) is 3. The van der Waals surface area contributed by atoms with Crippen molar-refractivity contribution >= 4 is 39.1 Å². The van der Waals surface area contributed by atoms with Crippen LogP contribution in [0.25, 0.3) is 11.1 Å². The Morgan fingerprint density at radius 1 is 1.08 bits per heavy atom. The lowest BCUT2D eigenvalue weighted by Crippen LogP contribution is -2.51. The molecule has 4 aromatic rings. The van der Waals surface area contributed by atoms with Gasteiger partial charge in [0.25, 0.3) is 5.91 Å². The lowest BCUT2D eigenvalue weighted by molar-refractivity contribution is -0.123. The summed E-state index contributed by atoms with van der Waals surface area (Å²) in [6.45, 7) is 5.84. The van der Waals surface area contributed by atoms with Gasteiger partial charge < -0.3 is 24.2 Å². The van der Waals surface area contributed by atoms with Crippen molar-refractivity contribution in [2.45, 2.75) is 83.0 Å². The number of hydrogen-bond donors (Lipinski definition) is 3.